The van der Waals surface area contributed by atoms with Gasteiger partial charge in [0.05, 0.1) is 31.1 Å². The van der Waals surface area contributed by atoms with Crippen LogP contribution >= 0.6 is 0 Å². The van der Waals surface area contributed by atoms with Crippen molar-refractivity contribution in [3.8, 4) is 11.6 Å². The zero-order valence-corrected chi connectivity index (χ0v) is 12.8. The van der Waals surface area contributed by atoms with Gasteiger partial charge in [-0.05, 0) is 30.3 Å². The molecule has 0 unspecified atom stereocenters. The van der Waals surface area contributed by atoms with Crippen molar-refractivity contribution in [2.45, 2.75) is 0 Å². The van der Waals surface area contributed by atoms with E-state index in [0.717, 1.165) is 0 Å². The standard InChI is InChI=1S/C16H15N3O5/c1-23-16(22)10-2-5-12(6-3-10)24-14-7-4-11(9-18-14)19-15(21)13(20)8-17/h2-7,9H,8,17H2,1H3,(H,19,21). The first kappa shape index (κ1) is 17.1. The van der Waals surface area contributed by atoms with E-state index in [2.05, 4.69) is 15.0 Å². The lowest BCUT2D eigenvalue weighted by atomic mass is 10.2. The number of methoxy groups -OCH3 is 1. The molecule has 1 aromatic heterocycles. The molecule has 0 spiro atoms. The molecule has 0 saturated heterocycles. The molecule has 1 amide bonds. The van der Waals surface area contributed by atoms with Crippen molar-refractivity contribution in [3.05, 3.63) is 48.2 Å². The average Bonchev–Trinajstić information content (AvgIpc) is 2.62. The van der Waals surface area contributed by atoms with Crippen LogP contribution in [0.2, 0.25) is 0 Å². The molecule has 0 fully saturated rings. The van der Waals surface area contributed by atoms with Crippen LogP contribution in [0.3, 0.4) is 0 Å². The van der Waals surface area contributed by atoms with Gasteiger partial charge in [0.2, 0.25) is 11.7 Å². The van der Waals surface area contributed by atoms with E-state index in [1.54, 1.807) is 24.3 Å². The van der Waals surface area contributed by atoms with E-state index in [9.17, 15) is 14.4 Å². The summed E-state index contributed by atoms with van der Waals surface area (Å²) in [4.78, 5) is 37.9. The van der Waals surface area contributed by atoms with Crippen LogP contribution in [0.4, 0.5) is 5.69 Å². The summed E-state index contributed by atoms with van der Waals surface area (Å²) in [5.41, 5.74) is 5.85. The number of nitrogens with one attached hydrogen (secondary N) is 1. The number of ketones is 1. The Kier molecular flexibility index (Phi) is 5.58. The monoisotopic (exact) mass is 329 g/mol. The number of nitrogens with two attached hydrogens (primary N) is 1. The first-order chi connectivity index (χ1) is 11.5. The number of pyridine rings is 1. The average molecular weight is 329 g/mol. The van der Waals surface area contributed by atoms with Crippen LogP contribution < -0.4 is 15.8 Å². The molecule has 8 nitrogen and oxygen atoms in total. The molecular formula is C16H15N3O5. The highest BCUT2D eigenvalue weighted by molar-refractivity contribution is 6.41. The molecule has 0 atom stereocenters. The quantitative estimate of drug-likeness (QED) is 0.602. The first-order valence-electron chi connectivity index (χ1n) is 6.90. The lowest BCUT2D eigenvalue weighted by Gasteiger charge is -2.07. The van der Waals surface area contributed by atoms with Crippen molar-refractivity contribution in [2.75, 3.05) is 19.0 Å². The zero-order valence-electron chi connectivity index (χ0n) is 12.8. The topological polar surface area (TPSA) is 121 Å². The maximum atomic E-state index is 11.4. The molecule has 1 heterocycles. The molecule has 0 bridgehead atoms. The molecule has 3 N–H and O–H groups in total. The summed E-state index contributed by atoms with van der Waals surface area (Å²) in [6.45, 7) is -0.359. The Morgan fingerprint density at radius 3 is 2.38 bits per heavy atom. The summed E-state index contributed by atoms with van der Waals surface area (Å²) >= 11 is 0. The van der Waals surface area contributed by atoms with Gasteiger partial charge in [0.15, 0.2) is 0 Å². The second-order valence-corrected chi connectivity index (χ2v) is 4.58. The number of ether oxygens (including phenoxy) is 2. The van der Waals surface area contributed by atoms with E-state index >= 15 is 0 Å². The second-order valence-electron chi connectivity index (χ2n) is 4.58. The number of hydrogen-bond acceptors (Lipinski definition) is 7. The van der Waals surface area contributed by atoms with Gasteiger partial charge in [-0.25, -0.2) is 9.78 Å². The fourth-order valence-electron chi connectivity index (χ4n) is 1.71. The Morgan fingerprint density at radius 1 is 1.12 bits per heavy atom. The molecule has 124 valence electrons. The highest BCUT2D eigenvalue weighted by Gasteiger charge is 2.11. The summed E-state index contributed by atoms with van der Waals surface area (Å²) < 4.78 is 10.1. The SMILES string of the molecule is COC(=O)c1ccc(Oc2ccc(NC(=O)C(=O)CN)cn2)cc1. The van der Waals surface area contributed by atoms with Gasteiger partial charge in [-0.2, -0.15) is 0 Å². The van der Waals surface area contributed by atoms with Gasteiger partial charge in [-0.3, -0.25) is 9.59 Å². The molecule has 0 saturated carbocycles. The normalized spacial score (nSPS) is 9.92. The maximum Gasteiger partial charge on any atom is 0.337 e. The highest BCUT2D eigenvalue weighted by atomic mass is 16.5. The second kappa shape index (κ2) is 7.84. The first-order valence-corrected chi connectivity index (χ1v) is 6.90. The number of rotatable bonds is 6. The Morgan fingerprint density at radius 2 is 1.83 bits per heavy atom. The molecule has 0 aliphatic carbocycles. The Hall–Kier alpha value is -3.26. The number of hydrogen-bond donors (Lipinski definition) is 2. The lowest BCUT2D eigenvalue weighted by Crippen LogP contribution is -2.29. The number of nitrogens with zero attached hydrogens (tertiary/aromatic N) is 1. The number of amides is 1. The summed E-state index contributed by atoms with van der Waals surface area (Å²) in [7, 11) is 1.30. The van der Waals surface area contributed by atoms with Gasteiger partial charge in [0.25, 0.3) is 5.91 Å². The number of carbonyl (C=O) groups excluding carboxylic acids is 3. The lowest BCUT2D eigenvalue weighted by molar-refractivity contribution is -0.133. The van der Waals surface area contributed by atoms with Crippen LogP contribution in [0, 0.1) is 0 Å². The predicted molar refractivity (Wildman–Crippen MR) is 84.8 cm³/mol. The molecule has 0 aliphatic heterocycles. The third kappa shape index (κ3) is 4.37. The van der Waals surface area contributed by atoms with Gasteiger partial charge >= 0.3 is 5.97 Å². The minimum Gasteiger partial charge on any atom is -0.465 e. The number of esters is 1. The summed E-state index contributed by atoms with van der Waals surface area (Å²) in [5, 5.41) is 2.37. The molecule has 2 rings (SSSR count). The van der Waals surface area contributed by atoms with E-state index < -0.39 is 17.7 Å². The van der Waals surface area contributed by atoms with Crippen molar-refractivity contribution < 1.29 is 23.9 Å². The van der Waals surface area contributed by atoms with Crippen molar-refractivity contribution in [3.63, 3.8) is 0 Å². The fraction of sp³-hybridized carbons (Fsp3) is 0.125. The minimum atomic E-state index is -0.800. The van der Waals surface area contributed by atoms with Crippen molar-refractivity contribution in [1.82, 2.24) is 4.98 Å². The van der Waals surface area contributed by atoms with Crippen LogP contribution in [-0.4, -0.2) is 36.3 Å². The van der Waals surface area contributed by atoms with Gasteiger partial charge in [0, 0.05) is 6.07 Å². The minimum absolute atomic E-state index is 0.281. The van der Waals surface area contributed by atoms with Gasteiger partial charge < -0.3 is 20.5 Å². The van der Waals surface area contributed by atoms with Crippen LogP contribution in [0.1, 0.15) is 10.4 Å². The van der Waals surface area contributed by atoms with E-state index in [-0.39, 0.29) is 12.4 Å². The number of anilines is 1. The van der Waals surface area contributed by atoms with Gasteiger partial charge in [0.1, 0.15) is 5.75 Å². The number of benzene rings is 1. The van der Waals surface area contributed by atoms with Crippen molar-refractivity contribution in [2.24, 2.45) is 5.73 Å². The van der Waals surface area contributed by atoms with Crippen LogP contribution in [0.5, 0.6) is 11.6 Å². The zero-order chi connectivity index (χ0) is 17.5. The number of Topliss-reactive ketones (excluding diaryl/α,β-unsaturated/α-hetero) is 1. The fourth-order valence-corrected chi connectivity index (χ4v) is 1.71. The van der Waals surface area contributed by atoms with E-state index in [1.165, 1.54) is 25.4 Å². The Bertz CT molecular complexity index is 741. The smallest absolute Gasteiger partial charge is 0.337 e. The van der Waals surface area contributed by atoms with Gasteiger partial charge in [-0.15, -0.1) is 0 Å². The van der Waals surface area contributed by atoms with Crippen molar-refractivity contribution >= 4 is 23.3 Å². The molecule has 0 radical (unpaired) electrons. The third-order valence-electron chi connectivity index (χ3n) is 2.93. The molecule has 8 heteroatoms. The Labute approximate surface area is 137 Å². The highest BCUT2D eigenvalue weighted by Crippen LogP contribution is 2.21. The van der Waals surface area contributed by atoms with E-state index in [1.807, 2.05) is 0 Å². The van der Waals surface area contributed by atoms with Crippen molar-refractivity contribution in [1.29, 1.82) is 0 Å². The largest absolute Gasteiger partial charge is 0.465 e. The maximum absolute atomic E-state index is 11.4. The summed E-state index contributed by atoms with van der Waals surface area (Å²) in [5.74, 6) is -1.20. The molecule has 1 aromatic carbocycles. The van der Waals surface area contributed by atoms with Crippen LogP contribution in [0.25, 0.3) is 0 Å². The summed E-state index contributed by atoms with van der Waals surface area (Å²) in [6, 6.07) is 9.39. The third-order valence-corrected chi connectivity index (χ3v) is 2.93. The number of aromatic nitrogens is 1. The Balaban J connectivity index is 2.00. The molecule has 0 aliphatic rings. The van der Waals surface area contributed by atoms with Crippen LogP contribution in [0.15, 0.2) is 42.6 Å². The van der Waals surface area contributed by atoms with Crippen LogP contribution in [-0.2, 0) is 14.3 Å². The van der Waals surface area contributed by atoms with E-state index in [4.69, 9.17) is 10.5 Å². The van der Waals surface area contributed by atoms with Gasteiger partial charge in [-0.1, -0.05) is 0 Å². The molecule has 24 heavy (non-hydrogen) atoms. The summed E-state index contributed by atoms with van der Waals surface area (Å²) in [6.07, 6.45) is 1.35. The molecule has 2 aromatic rings. The van der Waals surface area contributed by atoms with E-state index in [0.29, 0.717) is 17.0 Å². The predicted octanol–water partition coefficient (Wildman–Crippen LogP) is 1.13. The molecular weight excluding hydrogens is 314 g/mol. The number of carbonyl (C=O) groups is 3.